The molecule has 0 aliphatic carbocycles. The highest BCUT2D eigenvalue weighted by Gasteiger charge is 2.40. The summed E-state index contributed by atoms with van der Waals surface area (Å²) in [5.74, 6) is -0.530. The summed E-state index contributed by atoms with van der Waals surface area (Å²) in [7, 11) is 1.45. The smallest absolute Gasteiger partial charge is 0.389 e. The third kappa shape index (κ3) is 6.35. The van der Waals surface area contributed by atoms with Crippen LogP contribution in [0, 0.1) is 11.3 Å². The second kappa shape index (κ2) is 11.7. The molecule has 1 aliphatic heterocycles. The normalized spacial score (nSPS) is 17.1. The summed E-state index contributed by atoms with van der Waals surface area (Å²) >= 11 is 12.9. The van der Waals surface area contributed by atoms with Gasteiger partial charge in [0.05, 0.1) is 24.7 Å². The summed E-state index contributed by atoms with van der Waals surface area (Å²) < 4.78 is 58.5. The topological polar surface area (TPSA) is 79.3 Å². The minimum atomic E-state index is -4.57. The van der Waals surface area contributed by atoms with Crippen molar-refractivity contribution >= 4 is 46.6 Å². The maximum absolute atomic E-state index is 14.9. The summed E-state index contributed by atoms with van der Waals surface area (Å²) in [4.78, 5) is 13.5. The van der Waals surface area contributed by atoms with Crippen LogP contribution < -0.4 is 10.5 Å². The molecule has 2 unspecified atom stereocenters. The van der Waals surface area contributed by atoms with Gasteiger partial charge in [0.2, 0.25) is 0 Å². The Morgan fingerprint density at radius 1 is 1.27 bits per heavy atom. The van der Waals surface area contributed by atoms with Crippen LogP contribution in [-0.4, -0.2) is 29.7 Å². The van der Waals surface area contributed by atoms with E-state index in [4.69, 9.17) is 33.7 Å². The number of amides is 2. The number of para-hydroxylation sites is 1. The van der Waals surface area contributed by atoms with Crippen LogP contribution in [0.3, 0.4) is 0 Å². The lowest BCUT2D eigenvalue weighted by Gasteiger charge is -2.37. The maximum Gasteiger partial charge on any atom is 0.389 e. The van der Waals surface area contributed by atoms with Crippen molar-refractivity contribution < 1.29 is 27.1 Å². The summed E-state index contributed by atoms with van der Waals surface area (Å²) in [6.07, 6.45) is -6.82. The van der Waals surface area contributed by atoms with E-state index in [0.717, 1.165) is 4.90 Å². The zero-order valence-corrected chi connectivity index (χ0v) is 21.9. The van der Waals surface area contributed by atoms with E-state index in [1.54, 1.807) is 43.3 Å². The van der Waals surface area contributed by atoms with E-state index in [2.05, 4.69) is 0 Å². The molecular weight excluding hydrogens is 553 g/mol. The van der Waals surface area contributed by atoms with Gasteiger partial charge >= 0.3 is 12.2 Å². The third-order valence-corrected chi connectivity index (χ3v) is 7.32. The molecule has 2 aromatic rings. The highest BCUT2D eigenvalue weighted by atomic mass is 35.5. The van der Waals surface area contributed by atoms with Crippen LogP contribution >= 0.6 is 35.0 Å². The van der Waals surface area contributed by atoms with E-state index in [1.165, 1.54) is 13.2 Å². The zero-order valence-electron chi connectivity index (χ0n) is 19.6. The first kappa shape index (κ1) is 28.7. The van der Waals surface area contributed by atoms with Gasteiger partial charge < -0.3 is 10.5 Å². The molecule has 12 heteroatoms. The second-order valence-corrected chi connectivity index (χ2v) is 9.96. The lowest BCUT2D eigenvalue weighted by molar-refractivity contribution is -0.136. The third-order valence-electron chi connectivity index (χ3n) is 5.64. The SMILES string of the molecule is COc1ccccc1C1=C(C)N(C(N)=O)C(SC(F)CCC(F)(F)F)=C(C#N)C1c1ccc(Cl)cc1Cl. The first-order chi connectivity index (χ1) is 17.4. The number of halogens is 6. The lowest BCUT2D eigenvalue weighted by Crippen LogP contribution is -2.38. The van der Waals surface area contributed by atoms with E-state index in [-0.39, 0.29) is 21.3 Å². The fraction of sp³-hybridized carbons (Fsp3) is 0.280. The van der Waals surface area contributed by atoms with Gasteiger partial charge in [-0.2, -0.15) is 18.4 Å². The number of rotatable bonds is 7. The largest absolute Gasteiger partial charge is 0.496 e. The van der Waals surface area contributed by atoms with E-state index >= 15 is 0 Å². The summed E-state index contributed by atoms with van der Waals surface area (Å²) in [5, 5.41) is 10.6. The molecule has 2 N–H and O–H groups in total. The van der Waals surface area contributed by atoms with Gasteiger partial charge in [0, 0.05) is 27.7 Å². The highest BCUT2D eigenvalue weighted by Crippen LogP contribution is 2.52. The second-order valence-electron chi connectivity index (χ2n) is 7.98. The number of urea groups is 1. The Hall–Kier alpha value is -2.87. The number of carbonyl (C=O) groups is 1. The van der Waals surface area contributed by atoms with Crippen molar-refractivity contribution in [2.24, 2.45) is 5.73 Å². The molecular formula is C25H21Cl2F4N3O2S. The predicted molar refractivity (Wildman–Crippen MR) is 137 cm³/mol. The maximum atomic E-state index is 14.9. The van der Waals surface area contributed by atoms with Crippen molar-refractivity contribution in [3.63, 3.8) is 0 Å². The van der Waals surface area contributed by atoms with Gasteiger partial charge in [-0.25, -0.2) is 9.18 Å². The molecule has 0 aromatic heterocycles. The lowest BCUT2D eigenvalue weighted by atomic mass is 9.78. The van der Waals surface area contributed by atoms with Crippen LogP contribution in [-0.2, 0) is 0 Å². The molecule has 0 fully saturated rings. The molecule has 0 bridgehead atoms. The van der Waals surface area contributed by atoms with Crippen molar-refractivity contribution in [2.75, 3.05) is 7.11 Å². The Balaban J connectivity index is 2.30. The fourth-order valence-electron chi connectivity index (χ4n) is 4.09. The number of alkyl halides is 4. The number of nitrogens with two attached hydrogens (primary N) is 1. The molecule has 0 radical (unpaired) electrons. The fourth-order valence-corrected chi connectivity index (χ4v) is 5.70. The van der Waals surface area contributed by atoms with Gasteiger partial charge in [-0.15, -0.1) is 0 Å². The summed E-state index contributed by atoms with van der Waals surface area (Å²) in [5.41, 5.74) is 5.03. The Morgan fingerprint density at radius 3 is 2.51 bits per heavy atom. The van der Waals surface area contributed by atoms with Gasteiger partial charge in [0.25, 0.3) is 0 Å². The van der Waals surface area contributed by atoms with Crippen molar-refractivity contribution in [3.05, 3.63) is 79.9 Å². The number of carbonyl (C=O) groups excluding carboxylic acids is 1. The molecule has 5 nitrogen and oxygen atoms in total. The zero-order chi connectivity index (χ0) is 27.5. The monoisotopic (exact) mass is 573 g/mol. The Bertz CT molecular complexity index is 1310. The number of nitriles is 1. The Kier molecular flexibility index (Phi) is 9.05. The number of benzene rings is 2. The number of allylic oxidation sites excluding steroid dienone is 3. The molecule has 2 atom stereocenters. The number of methoxy groups -OCH3 is 1. The van der Waals surface area contributed by atoms with E-state index < -0.39 is 36.5 Å². The van der Waals surface area contributed by atoms with Gasteiger partial charge in [-0.1, -0.05) is 59.2 Å². The molecule has 1 heterocycles. The van der Waals surface area contributed by atoms with Crippen LogP contribution in [0.5, 0.6) is 5.75 Å². The quantitative estimate of drug-likeness (QED) is 0.340. The minimum absolute atomic E-state index is 0.116. The van der Waals surface area contributed by atoms with Crippen molar-refractivity contribution in [1.82, 2.24) is 4.90 Å². The number of hydrogen-bond donors (Lipinski definition) is 1. The van der Waals surface area contributed by atoms with Gasteiger partial charge in [0.1, 0.15) is 10.8 Å². The standard InChI is InChI=1S/C25H21Cl2F4N3O2S/c1-13-21(16-5-3-4-6-19(16)36-2)22(15-8-7-14(26)11-18(15)27)17(12-32)23(34(13)24(33)35)37-20(28)9-10-25(29,30)31/h3-8,11,20,22H,9-10H2,1-2H3,(H2,33,35). The number of primary amides is 1. The molecule has 1 aliphatic rings. The highest BCUT2D eigenvalue weighted by molar-refractivity contribution is 8.03. The first-order valence-electron chi connectivity index (χ1n) is 10.8. The number of nitrogens with zero attached hydrogens (tertiary/aromatic N) is 2. The van der Waals surface area contributed by atoms with Gasteiger partial charge in [-0.3, -0.25) is 4.90 Å². The van der Waals surface area contributed by atoms with Gasteiger partial charge in [0.15, 0.2) is 5.50 Å². The molecule has 196 valence electrons. The predicted octanol–water partition coefficient (Wildman–Crippen LogP) is 8.02. The average Bonchev–Trinajstić information content (AvgIpc) is 2.82. The molecule has 0 saturated carbocycles. The summed E-state index contributed by atoms with van der Waals surface area (Å²) in [6.45, 7) is 1.54. The molecule has 0 saturated heterocycles. The Labute approximate surface area is 225 Å². The van der Waals surface area contributed by atoms with Crippen LogP contribution in [0.25, 0.3) is 5.57 Å². The van der Waals surface area contributed by atoms with E-state index in [9.17, 15) is 27.6 Å². The van der Waals surface area contributed by atoms with Crippen LogP contribution in [0.4, 0.5) is 22.4 Å². The van der Waals surface area contributed by atoms with E-state index in [1.807, 2.05) is 6.07 Å². The van der Waals surface area contributed by atoms with Crippen LogP contribution in [0.1, 0.15) is 36.8 Å². The molecule has 3 rings (SSSR count). The average molecular weight is 574 g/mol. The van der Waals surface area contributed by atoms with Crippen LogP contribution in [0.2, 0.25) is 10.0 Å². The Morgan fingerprint density at radius 2 is 1.95 bits per heavy atom. The van der Waals surface area contributed by atoms with Crippen LogP contribution in [0.15, 0.2) is 58.8 Å². The molecule has 37 heavy (non-hydrogen) atoms. The van der Waals surface area contributed by atoms with Crippen molar-refractivity contribution in [3.8, 4) is 11.8 Å². The number of ether oxygens (including phenoxy) is 1. The molecule has 2 aromatic carbocycles. The molecule has 0 spiro atoms. The minimum Gasteiger partial charge on any atom is -0.496 e. The number of thioether (sulfide) groups is 1. The van der Waals surface area contributed by atoms with E-state index in [0.29, 0.717) is 39.2 Å². The number of hydrogen-bond acceptors (Lipinski definition) is 4. The van der Waals surface area contributed by atoms with Crippen molar-refractivity contribution in [2.45, 2.75) is 37.4 Å². The first-order valence-corrected chi connectivity index (χ1v) is 12.4. The van der Waals surface area contributed by atoms with Crippen molar-refractivity contribution in [1.29, 1.82) is 5.26 Å². The molecule has 2 amide bonds. The summed E-state index contributed by atoms with van der Waals surface area (Å²) in [6, 6.07) is 12.4. The van der Waals surface area contributed by atoms with Gasteiger partial charge in [-0.05, 0) is 42.7 Å².